The van der Waals surface area contributed by atoms with Crippen LogP contribution in [-0.4, -0.2) is 34.4 Å². The molecule has 2 aromatic carbocycles. The molecule has 172 valence electrons. The van der Waals surface area contributed by atoms with Gasteiger partial charge in [-0.3, -0.25) is 9.59 Å². The van der Waals surface area contributed by atoms with Crippen molar-refractivity contribution < 1.29 is 22.8 Å². The van der Waals surface area contributed by atoms with E-state index in [0.717, 1.165) is 27.5 Å². The van der Waals surface area contributed by atoms with Gasteiger partial charge in [-0.25, -0.2) is 0 Å². The van der Waals surface area contributed by atoms with Gasteiger partial charge in [0.05, 0.1) is 5.56 Å². The summed E-state index contributed by atoms with van der Waals surface area (Å²) in [6, 6.07) is 8.86. The van der Waals surface area contributed by atoms with E-state index < -0.39 is 17.6 Å². The number of benzene rings is 2. The topological polar surface area (TPSA) is 54.3 Å². The normalized spacial score (nSPS) is 14.6. The van der Waals surface area contributed by atoms with E-state index in [9.17, 15) is 22.8 Å². The van der Waals surface area contributed by atoms with Crippen molar-refractivity contribution in [1.82, 2.24) is 9.47 Å². The lowest BCUT2D eigenvalue weighted by molar-refractivity contribution is -0.137. The third-order valence-corrected chi connectivity index (χ3v) is 6.22. The lowest BCUT2D eigenvalue weighted by atomic mass is 10.0. The number of carbonyl (C=O) groups is 2. The number of anilines is 1. The van der Waals surface area contributed by atoms with Crippen LogP contribution in [0.2, 0.25) is 0 Å². The van der Waals surface area contributed by atoms with Crippen LogP contribution < -0.4 is 5.32 Å². The number of amides is 2. The fourth-order valence-electron chi connectivity index (χ4n) is 4.03. The maximum Gasteiger partial charge on any atom is 0.416 e. The zero-order valence-electron chi connectivity index (χ0n) is 18.0. The van der Waals surface area contributed by atoms with Crippen molar-refractivity contribution in [3.63, 3.8) is 0 Å². The lowest BCUT2D eigenvalue weighted by Gasteiger charge is -2.19. The Morgan fingerprint density at radius 2 is 1.88 bits per heavy atom. The summed E-state index contributed by atoms with van der Waals surface area (Å²) in [6.45, 7) is 5.19. The van der Waals surface area contributed by atoms with Crippen LogP contribution in [0.25, 0.3) is 22.6 Å². The second kappa shape index (κ2) is 8.70. The van der Waals surface area contributed by atoms with Gasteiger partial charge in [-0.05, 0) is 50.3 Å². The van der Waals surface area contributed by atoms with Crippen LogP contribution >= 0.6 is 15.9 Å². The highest BCUT2D eigenvalue weighted by Gasteiger charge is 2.33. The number of fused-ring (bicyclic) bond motifs is 2. The predicted molar refractivity (Wildman–Crippen MR) is 126 cm³/mol. The fraction of sp³-hybridized carbons (Fsp3) is 0.250. The number of halogens is 4. The highest BCUT2D eigenvalue weighted by atomic mass is 79.9. The number of rotatable bonds is 5. The third-order valence-electron chi connectivity index (χ3n) is 5.73. The highest BCUT2D eigenvalue weighted by molar-refractivity contribution is 9.10. The van der Waals surface area contributed by atoms with E-state index in [1.54, 1.807) is 17.2 Å². The van der Waals surface area contributed by atoms with Crippen LogP contribution in [-0.2, 0) is 22.3 Å². The first-order valence-corrected chi connectivity index (χ1v) is 11.2. The molecule has 3 aromatic rings. The molecule has 2 amide bonds. The standard InChI is InChI=1S/C24H21BrF3N3O2/c1-3-30(4-2)22(32)13-31-12-14(18-11-16(25)6-8-21(18)31)9-19-17-7-5-15(24(26,27)28)10-20(17)29-23(19)33/h5-12H,3-4,13H2,1-2H3,(H,29,33)/b19-9+. The highest BCUT2D eigenvalue weighted by Crippen LogP contribution is 2.39. The number of alkyl halides is 3. The minimum Gasteiger partial charge on any atom is -0.342 e. The summed E-state index contributed by atoms with van der Waals surface area (Å²) in [4.78, 5) is 27.0. The summed E-state index contributed by atoms with van der Waals surface area (Å²) in [5, 5.41) is 3.34. The third kappa shape index (κ3) is 4.42. The van der Waals surface area contributed by atoms with Gasteiger partial charge in [0.1, 0.15) is 6.54 Å². The van der Waals surface area contributed by atoms with Crippen molar-refractivity contribution in [1.29, 1.82) is 0 Å². The average molecular weight is 520 g/mol. The molecule has 0 radical (unpaired) electrons. The van der Waals surface area contributed by atoms with Crippen molar-refractivity contribution in [3.8, 4) is 0 Å². The summed E-state index contributed by atoms with van der Waals surface area (Å²) in [6.07, 6.45) is -1.05. The van der Waals surface area contributed by atoms with Gasteiger partial charge in [-0.2, -0.15) is 13.2 Å². The first-order chi connectivity index (χ1) is 15.6. The summed E-state index contributed by atoms with van der Waals surface area (Å²) in [5.74, 6) is -0.498. The Morgan fingerprint density at radius 1 is 1.15 bits per heavy atom. The molecule has 2 heterocycles. The van der Waals surface area contributed by atoms with E-state index in [2.05, 4.69) is 21.2 Å². The predicted octanol–water partition coefficient (Wildman–Crippen LogP) is 5.78. The zero-order chi connectivity index (χ0) is 23.9. The van der Waals surface area contributed by atoms with Crippen molar-refractivity contribution in [2.75, 3.05) is 18.4 Å². The summed E-state index contributed by atoms with van der Waals surface area (Å²) < 4.78 is 41.8. The van der Waals surface area contributed by atoms with Gasteiger partial charge in [-0.1, -0.05) is 22.0 Å². The molecule has 4 rings (SSSR count). The van der Waals surface area contributed by atoms with Gasteiger partial charge in [0.25, 0.3) is 5.91 Å². The van der Waals surface area contributed by atoms with Crippen LogP contribution in [0, 0.1) is 0 Å². The fourth-order valence-corrected chi connectivity index (χ4v) is 4.40. The molecule has 0 saturated heterocycles. The minimum absolute atomic E-state index is 0.0253. The van der Waals surface area contributed by atoms with Gasteiger partial charge in [-0.15, -0.1) is 0 Å². The first kappa shape index (κ1) is 23.1. The van der Waals surface area contributed by atoms with Gasteiger partial charge in [0.2, 0.25) is 5.91 Å². The van der Waals surface area contributed by atoms with E-state index in [1.165, 1.54) is 6.07 Å². The molecule has 0 spiro atoms. The van der Waals surface area contributed by atoms with Crippen LogP contribution in [0.15, 0.2) is 47.1 Å². The molecule has 0 fully saturated rings. The molecule has 0 saturated carbocycles. The Kier molecular flexibility index (Phi) is 6.09. The van der Waals surface area contributed by atoms with E-state index in [-0.39, 0.29) is 23.7 Å². The van der Waals surface area contributed by atoms with E-state index in [0.29, 0.717) is 24.2 Å². The average Bonchev–Trinajstić information content (AvgIpc) is 3.24. The Bertz CT molecular complexity index is 1290. The Hall–Kier alpha value is -3.07. The van der Waals surface area contributed by atoms with Gasteiger partial charge >= 0.3 is 6.18 Å². The molecule has 0 atom stereocenters. The van der Waals surface area contributed by atoms with Crippen molar-refractivity contribution in [2.45, 2.75) is 26.6 Å². The number of hydrogen-bond donors (Lipinski definition) is 1. The summed E-state index contributed by atoms with van der Waals surface area (Å²) >= 11 is 3.46. The molecule has 33 heavy (non-hydrogen) atoms. The molecule has 1 aliphatic rings. The summed E-state index contributed by atoms with van der Waals surface area (Å²) in [5.41, 5.74) is 1.49. The maximum atomic E-state index is 13.1. The maximum absolute atomic E-state index is 13.1. The quantitative estimate of drug-likeness (QED) is 0.434. The molecular weight excluding hydrogens is 499 g/mol. The SMILES string of the molecule is CCN(CC)C(=O)Cn1cc(/C=C2/C(=O)Nc3cc(C(F)(F)F)ccc32)c2cc(Br)ccc21. The smallest absolute Gasteiger partial charge is 0.342 e. The molecule has 9 heteroatoms. The Labute approximate surface area is 197 Å². The molecule has 1 aliphatic heterocycles. The van der Waals surface area contributed by atoms with Gasteiger partial charge in [0.15, 0.2) is 0 Å². The summed E-state index contributed by atoms with van der Waals surface area (Å²) in [7, 11) is 0. The number of aromatic nitrogens is 1. The molecular formula is C24H21BrF3N3O2. The van der Waals surface area contributed by atoms with Crippen LogP contribution in [0.4, 0.5) is 18.9 Å². The van der Waals surface area contributed by atoms with E-state index in [4.69, 9.17) is 0 Å². The Balaban J connectivity index is 1.79. The lowest BCUT2D eigenvalue weighted by Crippen LogP contribution is -2.33. The second-order valence-corrected chi connectivity index (χ2v) is 8.63. The molecule has 1 N–H and O–H groups in total. The number of hydrogen-bond acceptors (Lipinski definition) is 2. The molecule has 0 aliphatic carbocycles. The largest absolute Gasteiger partial charge is 0.416 e. The van der Waals surface area contributed by atoms with Crippen LogP contribution in [0.3, 0.4) is 0 Å². The van der Waals surface area contributed by atoms with Crippen LogP contribution in [0.5, 0.6) is 0 Å². The number of likely N-dealkylation sites (N-methyl/N-ethyl adjacent to an activating group) is 1. The van der Waals surface area contributed by atoms with Crippen molar-refractivity contribution in [2.24, 2.45) is 0 Å². The monoisotopic (exact) mass is 519 g/mol. The number of nitrogens with one attached hydrogen (secondary N) is 1. The molecule has 1 aromatic heterocycles. The van der Waals surface area contributed by atoms with Gasteiger partial charge in [0, 0.05) is 57.0 Å². The molecule has 0 unspecified atom stereocenters. The second-order valence-electron chi connectivity index (χ2n) is 7.71. The van der Waals surface area contributed by atoms with Crippen molar-refractivity contribution >= 4 is 56.0 Å². The Morgan fingerprint density at radius 3 is 2.55 bits per heavy atom. The number of carbonyl (C=O) groups excluding carboxylic acids is 2. The van der Waals surface area contributed by atoms with Crippen molar-refractivity contribution in [3.05, 3.63) is 63.8 Å². The number of nitrogens with zero attached hydrogens (tertiary/aromatic N) is 2. The van der Waals surface area contributed by atoms with Crippen LogP contribution in [0.1, 0.15) is 30.5 Å². The molecule has 0 bridgehead atoms. The van der Waals surface area contributed by atoms with E-state index >= 15 is 0 Å². The van der Waals surface area contributed by atoms with Gasteiger partial charge < -0.3 is 14.8 Å². The van der Waals surface area contributed by atoms with E-state index in [1.807, 2.05) is 36.6 Å². The minimum atomic E-state index is -4.50. The zero-order valence-corrected chi connectivity index (χ0v) is 19.5. The first-order valence-electron chi connectivity index (χ1n) is 10.4. The molecule has 5 nitrogen and oxygen atoms in total.